The van der Waals surface area contributed by atoms with Gasteiger partial charge in [0, 0.05) is 19.2 Å². The van der Waals surface area contributed by atoms with Crippen LogP contribution in [-0.2, 0) is 9.53 Å². The van der Waals surface area contributed by atoms with Crippen molar-refractivity contribution in [2.75, 3.05) is 26.8 Å². The van der Waals surface area contributed by atoms with Gasteiger partial charge in [-0.2, -0.15) is 0 Å². The van der Waals surface area contributed by atoms with Gasteiger partial charge in [0.25, 0.3) is 5.91 Å². The smallest absolute Gasteiger partial charge is 0.251 e. The second kappa shape index (κ2) is 7.45. The molecule has 2 amide bonds. The Morgan fingerprint density at radius 3 is 2.44 bits per heavy atom. The minimum absolute atomic E-state index is 0.0313. The summed E-state index contributed by atoms with van der Waals surface area (Å²) in [5.74, 6) is -0.482. The number of carbonyl (C=O) groups is 2. The van der Waals surface area contributed by atoms with E-state index in [-0.39, 0.29) is 18.4 Å². The highest BCUT2D eigenvalue weighted by Gasteiger charge is 2.06. The molecular weight excluding hydrogens is 232 g/mol. The van der Waals surface area contributed by atoms with Crippen LogP contribution in [0.15, 0.2) is 24.3 Å². The van der Waals surface area contributed by atoms with E-state index in [0.29, 0.717) is 18.7 Å². The van der Waals surface area contributed by atoms with Gasteiger partial charge in [0.1, 0.15) is 0 Å². The van der Waals surface area contributed by atoms with E-state index in [1.807, 2.05) is 19.1 Å². The summed E-state index contributed by atoms with van der Waals surface area (Å²) >= 11 is 0. The third-order valence-electron chi connectivity index (χ3n) is 2.35. The number of benzene rings is 1. The van der Waals surface area contributed by atoms with Crippen LogP contribution in [0.3, 0.4) is 0 Å². The highest BCUT2D eigenvalue weighted by atomic mass is 16.5. The number of aryl methyl sites for hydroxylation is 1. The number of hydrogen-bond acceptors (Lipinski definition) is 3. The Kier molecular flexibility index (Phi) is 5.87. The summed E-state index contributed by atoms with van der Waals surface area (Å²) in [5.41, 5.74) is 1.63. The van der Waals surface area contributed by atoms with Crippen molar-refractivity contribution < 1.29 is 14.3 Å². The van der Waals surface area contributed by atoms with Gasteiger partial charge in [-0.3, -0.25) is 9.59 Å². The van der Waals surface area contributed by atoms with Gasteiger partial charge in [-0.15, -0.1) is 0 Å². The van der Waals surface area contributed by atoms with Crippen LogP contribution in [0.4, 0.5) is 0 Å². The lowest BCUT2D eigenvalue weighted by atomic mass is 10.1. The molecule has 0 bridgehead atoms. The number of rotatable bonds is 6. The van der Waals surface area contributed by atoms with Gasteiger partial charge in [0.05, 0.1) is 13.2 Å². The number of amides is 2. The van der Waals surface area contributed by atoms with E-state index in [1.54, 1.807) is 19.2 Å². The first kappa shape index (κ1) is 14.2. The predicted octanol–water partition coefficient (Wildman–Crippen LogP) is 0.487. The normalized spacial score (nSPS) is 9.89. The van der Waals surface area contributed by atoms with Crippen molar-refractivity contribution in [1.29, 1.82) is 0 Å². The largest absolute Gasteiger partial charge is 0.383 e. The maximum Gasteiger partial charge on any atom is 0.251 e. The van der Waals surface area contributed by atoms with Crippen LogP contribution in [0.5, 0.6) is 0 Å². The Balaban J connectivity index is 2.32. The molecule has 0 aromatic heterocycles. The van der Waals surface area contributed by atoms with Crippen LogP contribution in [0.25, 0.3) is 0 Å². The lowest BCUT2D eigenvalue weighted by molar-refractivity contribution is -0.120. The zero-order valence-corrected chi connectivity index (χ0v) is 10.7. The van der Waals surface area contributed by atoms with Crippen LogP contribution in [0, 0.1) is 6.92 Å². The van der Waals surface area contributed by atoms with Crippen LogP contribution >= 0.6 is 0 Å². The van der Waals surface area contributed by atoms with Crippen LogP contribution in [-0.4, -0.2) is 38.6 Å². The van der Waals surface area contributed by atoms with Crippen molar-refractivity contribution in [1.82, 2.24) is 10.6 Å². The Morgan fingerprint density at radius 1 is 1.17 bits per heavy atom. The lowest BCUT2D eigenvalue weighted by Crippen LogP contribution is -2.38. The molecule has 5 nitrogen and oxygen atoms in total. The number of hydrogen-bond donors (Lipinski definition) is 2. The molecule has 2 N–H and O–H groups in total. The van der Waals surface area contributed by atoms with Crippen LogP contribution in [0.1, 0.15) is 15.9 Å². The van der Waals surface area contributed by atoms with Gasteiger partial charge in [0.2, 0.25) is 5.91 Å². The summed E-state index contributed by atoms with van der Waals surface area (Å²) in [6.45, 7) is 2.81. The Bertz CT molecular complexity index is 401. The summed E-state index contributed by atoms with van der Waals surface area (Å²) in [5, 5.41) is 5.17. The summed E-state index contributed by atoms with van der Waals surface area (Å²) in [6.07, 6.45) is 0. The van der Waals surface area contributed by atoms with E-state index in [9.17, 15) is 9.59 Å². The summed E-state index contributed by atoms with van der Waals surface area (Å²) < 4.78 is 4.80. The topological polar surface area (TPSA) is 67.4 Å². The van der Waals surface area contributed by atoms with Crippen molar-refractivity contribution >= 4 is 11.8 Å². The predicted molar refractivity (Wildman–Crippen MR) is 68.4 cm³/mol. The zero-order valence-electron chi connectivity index (χ0n) is 10.7. The lowest BCUT2D eigenvalue weighted by Gasteiger charge is -2.06. The minimum atomic E-state index is -0.253. The molecule has 98 valence electrons. The second-order valence-corrected chi connectivity index (χ2v) is 3.89. The summed E-state index contributed by atoms with van der Waals surface area (Å²) in [6, 6.07) is 7.17. The van der Waals surface area contributed by atoms with E-state index in [0.717, 1.165) is 5.56 Å². The standard InChI is InChI=1S/C13H18N2O3/c1-10-3-5-11(6-4-10)13(17)15-9-12(16)14-7-8-18-2/h3-6H,7-9H2,1-2H3,(H,14,16)(H,15,17). The number of carbonyl (C=O) groups excluding carboxylic acids is 2. The summed E-state index contributed by atoms with van der Waals surface area (Å²) in [7, 11) is 1.56. The fraction of sp³-hybridized carbons (Fsp3) is 0.385. The molecule has 0 atom stereocenters. The molecule has 0 unspecified atom stereocenters. The van der Waals surface area contributed by atoms with Crippen molar-refractivity contribution in [3.05, 3.63) is 35.4 Å². The Morgan fingerprint density at radius 2 is 1.83 bits per heavy atom. The Hall–Kier alpha value is -1.88. The molecule has 1 aromatic carbocycles. The van der Waals surface area contributed by atoms with Gasteiger partial charge in [-0.25, -0.2) is 0 Å². The monoisotopic (exact) mass is 250 g/mol. The number of nitrogens with one attached hydrogen (secondary N) is 2. The molecular formula is C13H18N2O3. The average molecular weight is 250 g/mol. The molecule has 0 saturated carbocycles. The van der Waals surface area contributed by atoms with Gasteiger partial charge in [-0.05, 0) is 19.1 Å². The van der Waals surface area contributed by atoms with Crippen molar-refractivity contribution in [3.8, 4) is 0 Å². The quantitative estimate of drug-likeness (QED) is 0.722. The third-order valence-corrected chi connectivity index (χ3v) is 2.35. The van der Waals surface area contributed by atoms with Crippen LogP contribution < -0.4 is 10.6 Å². The fourth-order valence-electron chi connectivity index (χ4n) is 1.32. The maximum absolute atomic E-state index is 11.7. The fourth-order valence-corrected chi connectivity index (χ4v) is 1.32. The van der Waals surface area contributed by atoms with Gasteiger partial charge >= 0.3 is 0 Å². The first-order valence-corrected chi connectivity index (χ1v) is 5.74. The summed E-state index contributed by atoms with van der Waals surface area (Å²) in [4.78, 5) is 23.0. The van der Waals surface area contributed by atoms with E-state index in [4.69, 9.17) is 4.74 Å². The van der Waals surface area contributed by atoms with Gasteiger partial charge < -0.3 is 15.4 Å². The first-order chi connectivity index (χ1) is 8.63. The van der Waals surface area contributed by atoms with Crippen molar-refractivity contribution in [2.45, 2.75) is 6.92 Å². The molecule has 0 aliphatic heterocycles. The highest BCUT2D eigenvalue weighted by Crippen LogP contribution is 2.02. The van der Waals surface area contributed by atoms with Gasteiger partial charge in [0.15, 0.2) is 0 Å². The maximum atomic E-state index is 11.7. The molecule has 5 heteroatoms. The zero-order chi connectivity index (χ0) is 13.4. The van der Waals surface area contributed by atoms with E-state index in [2.05, 4.69) is 10.6 Å². The highest BCUT2D eigenvalue weighted by molar-refractivity contribution is 5.96. The molecule has 18 heavy (non-hydrogen) atoms. The van der Waals surface area contributed by atoms with E-state index < -0.39 is 0 Å². The first-order valence-electron chi connectivity index (χ1n) is 5.74. The molecule has 1 rings (SSSR count). The number of methoxy groups -OCH3 is 1. The molecule has 0 spiro atoms. The van der Waals surface area contributed by atoms with E-state index >= 15 is 0 Å². The van der Waals surface area contributed by atoms with Crippen LogP contribution in [0.2, 0.25) is 0 Å². The Labute approximate surface area is 107 Å². The average Bonchev–Trinajstić information content (AvgIpc) is 2.37. The SMILES string of the molecule is COCCNC(=O)CNC(=O)c1ccc(C)cc1. The van der Waals surface area contributed by atoms with Gasteiger partial charge in [-0.1, -0.05) is 17.7 Å². The molecule has 0 radical (unpaired) electrons. The second-order valence-electron chi connectivity index (χ2n) is 3.89. The molecule has 0 saturated heterocycles. The van der Waals surface area contributed by atoms with Crippen molar-refractivity contribution in [2.24, 2.45) is 0 Å². The van der Waals surface area contributed by atoms with E-state index in [1.165, 1.54) is 0 Å². The number of ether oxygens (including phenoxy) is 1. The minimum Gasteiger partial charge on any atom is -0.383 e. The molecule has 0 aliphatic carbocycles. The molecule has 0 heterocycles. The molecule has 0 aliphatic rings. The third kappa shape index (κ3) is 4.97. The molecule has 1 aromatic rings. The van der Waals surface area contributed by atoms with Crippen molar-refractivity contribution in [3.63, 3.8) is 0 Å². The molecule has 0 fully saturated rings.